The van der Waals surface area contributed by atoms with E-state index in [-0.39, 0.29) is 5.01 Å². The Morgan fingerprint density at radius 3 is 2.18 bits per heavy atom. The number of anilines is 1. The summed E-state index contributed by atoms with van der Waals surface area (Å²) in [6, 6.07) is 14.9. The second-order valence-corrected chi connectivity index (χ2v) is 8.05. The number of carbonyl (C=O) groups is 1. The number of nitrogens with one attached hydrogen (secondary N) is 1. The highest BCUT2D eigenvalue weighted by molar-refractivity contribution is 7.13. The largest absolute Gasteiger partial charge is 0.434 e. The van der Waals surface area contributed by atoms with Gasteiger partial charge < -0.3 is 5.32 Å². The zero-order valence-corrected chi connectivity index (χ0v) is 17.8. The van der Waals surface area contributed by atoms with Crippen LogP contribution >= 0.6 is 11.3 Å². The van der Waals surface area contributed by atoms with Crippen LogP contribution in [0.3, 0.4) is 0 Å². The Balaban J connectivity index is 1.58. The van der Waals surface area contributed by atoms with Gasteiger partial charge in [0, 0.05) is 16.6 Å². The summed E-state index contributed by atoms with van der Waals surface area (Å²) in [5.41, 5.74) is 1.67. The summed E-state index contributed by atoms with van der Waals surface area (Å²) >= 11 is 0.909. The molecule has 0 bridgehead atoms. The first-order valence-corrected chi connectivity index (χ1v) is 10.5. The molecule has 4 rings (SSSR count). The summed E-state index contributed by atoms with van der Waals surface area (Å²) in [7, 11) is 0. The molecule has 0 unspecified atom stereocenters. The summed E-state index contributed by atoms with van der Waals surface area (Å²) in [4.78, 5) is 16.0. The predicted molar refractivity (Wildman–Crippen MR) is 117 cm³/mol. The monoisotopic (exact) mass is 474 g/mol. The third kappa shape index (κ3) is 4.78. The second kappa shape index (κ2) is 8.74. The molecule has 0 spiro atoms. The van der Waals surface area contributed by atoms with E-state index in [2.05, 4.69) is 10.3 Å². The summed E-state index contributed by atoms with van der Waals surface area (Å²) in [5, 5.41) is 3.68. The zero-order chi connectivity index (χ0) is 23.8. The van der Waals surface area contributed by atoms with E-state index in [9.17, 15) is 26.7 Å². The smallest absolute Gasteiger partial charge is 0.322 e. The highest BCUT2D eigenvalue weighted by Gasteiger charge is 2.33. The average Bonchev–Trinajstić information content (AvgIpc) is 3.26. The highest BCUT2D eigenvalue weighted by atomic mass is 32.1. The molecule has 9 heteroatoms. The van der Waals surface area contributed by atoms with Crippen LogP contribution in [0.5, 0.6) is 0 Å². The van der Waals surface area contributed by atoms with E-state index in [1.807, 2.05) is 6.92 Å². The Morgan fingerprint density at radius 1 is 0.939 bits per heavy atom. The Morgan fingerprint density at radius 2 is 1.58 bits per heavy atom. The van der Waals surface area contributed by atoms with Crippen molar-refractivity contribution in [2.75, 3.05) is 5.32 Å². The van der Waals surface area contributed by atoms with E-state index in [0.29, 0.717) is 11.3 Å². The first kappa shape index (κ1) is 22.6. The Labute approximate surface area is 189 Å². The maximum atomic E-state index is 13.8. The fourth-order valence-corrected chi connectivity index (χ4v) is 4.07. The number of nitrogens with zero attached hydrogens (tertiary/aromatic N) is 1. The van der Waals surface area contributed by atoms with Gasteiger partial charge in [-0.25, -0.2) is 13.8 Å². The van der Waals surface area contributed by atoms with E-state index in [0.717, 1.165) is 45.5 Å². The lowest BCUT2D eigenvalue weighted by Crippen LogP contribution is -2.15. The van der Waals surface area contributed by atoms with Crippen molar-refractivity contribution in [2.24, 2.45) is 0 Å². The van der Waals surface area contributed by atoms with Crippen LogP contribution in [0.4, 0.5) is 27.6 Å². The lowest BCUT2D eigenvalue weighted by Gasteiger charge is -2.11. The molecule has 0 aliphatic heterocycles. The molecule has 4 aromatic rings. The lowest BCUT2D eigenvalue weighted by atomic mass is 9.98. The number of alkyl halides is 3. The quantitative estimate of drug-likeness (QED) is 0.315. The van der Waals surface area contributed by atoms with E-state index in [1.54, 1.807) is 42.5 Å². The van der Waals surface area contributed by atoms with Crippen molar-refractivity contribution in [3.63, 3.8) is 0 Å². The minimum atomic E-state index is -4.51. The molecule has 0 aliphatic rings. The molecule has 3 nitrogen and oxygen atoms in total. The van der Waals surface area contributed by atoms with Gasteiger partial charge in [0.1, 0.15) is 22.2 Å². The van der Waals surface area contributed by atoms with Crippen LogP contribution in [0.25, 0.3) is 21.7 Å². The highest BCUT2D eigenvalue weighted by Crippen LogP contribution is 2.35. The molecule has 0 saturated carbocycles. The molecule has 0 saturated heterocycles. The van der Waals surface area contributed by atoms with E-state index in [1.165, 1.54) is 6.07 Å². The Hall–Kier alpha value is -3.59. The first-order valence-electron chi connectivity index (χ1n) is 9.63. The van der Waals surface area contributed by atoms with Crippen molar-refractivity contribution in [1.29, 1.82) is 0 Å². The van der Waals surface area contributed by atoms with Crippen molar-refractivity contribution in [3.8, 4) is 21.7 Å². The third-order valence-electron chi connectivity index (χ3n) is 4.92. The topological polar surface area (TPSA) is 42.0 Å². The van der Waals surface area contributed by atoms with Crippen LogP contribution in [0.1, 0.15) is 21.6 Å². The SMILES string of the molecule is Cc1ccc(-c2nc(C(F)(F)F)cs2)cc1-c1ccc(NC(=O)c2c(F)cccc2F)cc1. The summed E-state index contributed by atoms with van der Waals surface area (Å²) in [6.45, 7) is 1.86. The molecule has 1 amide bonds. The number of carbonyl (C=O) groups excluding carboxylic acids is 1. The van der Waals surface area contributed by atoms with Gasteiger partial charge in [-0.05, 0) is 53.9 Å². The number of benzene rings is 3. The number of aromatic nitrogens is 1. The van der Waals surface area contributed by atoms with E-state index < -0.39 is 35.0 Å². The summed E-state index contributed by atoms with van der Waals surface area (Å²) < 4.78 is 66.3. The molecule has 0 atom stereocenters. The Kier molecular flexibility index (Phi) is 5.99. The van der Waals surface area contributed by atoms with Crippen LogP contribution in [0.15, 0.2) is 66.0 Å². The fraction of sp³-hybridized carbons (Fsp3) is 0.0833. The van der Waals surface area contributed by atoms with Gasteiger partial charge in [0.2, 0.25) is 0 Å². The first-order chi connectivity index (χ1) is 15.6. The zero-order valence-electron chi connectivity index (χ0n) is 17.0. The van der Waals surface area contributed by atoms with Gasteiger partial charge in [0.05, 0.1) is 0 Å². The van der Waals surface area contributed by atoms with E-state index in [4.69, 9.17) is 0 Å². The van der Waals surface area contributed by atoms with Gasteiger partial charge in [-0.3, -0.25) is 4.79 Å². The van der Waals surface area contributed by atoms with Crippen LogP contribution in [0.2, 0.25) is 0 Å². The lowest BCUT2D eigenvalue weighted by molar-refractivity contribution is -0.140. The number of hydrogen-bond donors (Lipinski definition) is 1. The maximum absolute atomic E-state index is 13.8. The maximum Gasteiger partial charge on any atom is 0.434 e. The van der Waals surface area contributed by atoms with Crippen molar-refractivity contribution < 1.29 is 26.7 Å². The molecule has 1 heterocycles. The van der Waals surface area contributed by atoms with Crippen molar-refractivity contribution >= 4 is 22.9 Å². The normalized spacial score (nSPS) is 11.5. The van der Waals surface area contributed by atoms with Crippen LogP contribution in [-0.4, -0.2) is 10.9 Å². The van der Waals surface area contributed by atoms with Gasteiger partial charge in [0.25, 0.3) is 5.91 Å². The number of amides is 1. The molecule has 1 aromatic heterocycles. The van der Waals surface area contributed by atoms with Crippen LogP contribution in [0, 0.1) is 18.6 Å². The summed E-state index contributed by atoms with van der Waals surface area (Å²) in [6.07, 6.45) is -4.51. The predicted octanol–water partition coefficient (Wildman–Crippen LogP) is 7.33. The van der Waals surface area contributed by atoms with Crippen molar-refractivity contribution in [1.82, 2.24) is 4.98 Å². The third-order valence-corrected chi connectivity index (χ3v) is 5.81. The number of thiazole rings is 1. The average molecular weight is 474 g/mol. The van der Waals surface area contributed by atoms with Gasteiger partial charge in [-0.1, -0.05) is 30.3 Å². The van der Waals surface area contributed by atoms with E-state index >= 15 is 0 Å². The fourth-order valence-electron chi connectivity index (χ4n) is 3.24. The molecule has 0 fully saturated rings. The molecule has 1 N–H and O–H groups in total. The van der Waals surface area contributed by atoms with Gasteiger partial charge >= 0.3 is 6.18 Å². The van der Waals surface area contributed by atoms with Crippen molar-refractivity contribution in [3.05, 3.63) is 94.5 Å². The molecular formula is C24H15F5N2OS. The molecule has 3 aromatic carbocycles. The number of aryl methyl sites for hydroxylation is 1. The molecule has 0 aliphatic carbocycles. The minimum absolute atomic E-state index is 0.249. The van der Waals surface area contributed by atoms with Gasteiger partial charge in [0.15, 0.2) is 5.69 Å². The number of hydrogen-bond acceptors (Lipinski definition) is 3. The standard InChI is InChI=1S/C24H15F5N2OS/c1-13-5-6-15(23-31-20(12-33-23)24(27,28)29)11-17(13)14-7-9-16(10-8-14)30-22(32)21-18(25)3-2-4-19(21)26/h2-12H,1H3,(H,30,32). The molecular weight excluding hydrogens is 459 g/mol. The summed E-state index contributed by atoms with van der Waals surface area (Å²) in [5.74, 6) is -2.85. The van der Waals surface area contributed by atoms with Crippen LogP contribution in [-0.2, 0) is 6.18 Å². The molecule has 168 valence electrons. The van der Waals surface area contributed by atoms with Crippen LogP contribution < -0.4 is 5.32 Å². The van der Waals surface area contributed by atoms with Gasteiger partial charge in [-0.15, -0.1) is 11.3 Å². The second-order valence-electron chi connectivity index (χ2n) is 7.19. The minimum Gasteiger partial charge on any atom is -0.322 e. The van der Waals surface area contributed by atoms with Gasteiger partial charge in [-0.2, -0.15) is 13.2 Å². The van der Waals surface area contributed by atoms with Crippen molar-refractivity contribution in [2.45, 2.75) is 13.1 Å². The molecule has 0 radical (unpaired) electrons. The molecule has 33 heavy (non-hydrogen) atoms. The number of halogens is 5. The number of rotatable bonds is 4. The Bertz CT molecular complexity index is 1310.